The van der Waals surface area contributed by atoms with Crippen molar-refractivity contribution in [3.8, 4) is 17.2 Å². The molecule has 8 nitrogen and oxygen atoms in total. The summed E-state index contributed by atoms with van der Waals surface area (Å²) < 4.78 is 42.5. The number of fused-ring (bicyclic) bond motifs is 1. The number of nitrogens with zero attached hydrogens (tertiary/aromatic N) is 1. The molecule has 0 fully saturated rings. The molecule has 156 valence electrons. The van der Waals surface area contributed by atoms with Crippen LogP contribution < -0.4 is 23.8 Å². The van der Waals surface area contributed by atoms with Gasteiger partial charge in [0.2, 0.25) is 10.0 Å². The van der Waals surface area contributed by atoms with Gasteiger partial charge in [0, 0.05) is 0 Å². The molecule has 1 aliphatic heterocycles. The van der Waals surface area contributed by atoms with Gasteiger partial charge in [-0.25, -0.2) is 8.42 Å². The summed E-state index contributed by atoms with van der Waals surface area (Å²) in [5.41, 5.74) is 0.446. The summed E-state index contributed by atoms with van der Waals surface area (Å²) in [6.45, 7) is 2.02. The van der Waals surface area contributed by atoms with Crippen molar-refractivity contribution in [2.24, 2.45) is 0 Å². The maximum Gasteiger partial charge on any atom is 0.263 e. The number of anilines is 1. The van der Waals surface area contributed by atoms with E-state index in [1.807, 2.05) is 0 Å². The molecule has 0 saturated heterocycles. The molecule has 29 heavy (non-hydrogen) atoms. The monoisotopic (exact) mass is 420 g/mol. The van der Waals surface area contributed by atoms with E-state index in [2.05, 4.69) is 5.32 Å². The fourth-order valence-electron chi connectivity index (χ4n) is 2.89. The Bertz CT molecular complexity index is 946. The minimum Gasteiger partial charge on any atom is -0.497 e. The summed E-state index contributed by atoms with van der Waals surface area (Å²) in [6.07, 6.45) is -0.938. The third kappa shape index (κ3) is 4.92. The number of hydrogen-bond acceptors (Lipinski definition) is 6. The van der Waals surface area contributed by atoms with Crippen LogP contribution in [0.4, 0.5) is 5.69 Å². The van der Waals surface area contributed by atoms with Crippen LogP contribution in [-0.2, 0) is 14.8 Å². The van der Waals surface area contributed by atoms with Gasteiger partial charge in [0.05, 0.1) is 31.6 Å². The molecule has 0 spiro atoms. The highest BCUT2D eigenvalue weighted by Gasteiger charge is 2.35. The van der Waals surface area contributed by atoms with Gasteiger partial charge in [0.1, 0.15) is 23.9 Å². The molecule has 1 N–H and O–H groups in total. The Kier molecular flexibility index (Phi) is 6.48. The first-order valence-electron chi connectivity index (χ1n) is 9.25. The highest BCUT2D eigenvalue weighted by Crippen LogP contribution is 2.35. The number of carbonyl (C=O) groups excluding carboxylic acids is 1. The van der Waals surface area contributed by atoms with Crippen molar-refractivity contribution < 1.29 is 27.4 Å². The number of carbonyl (C=O) groups is 1. The molecule has 1 heterocycles. The lowest BCUT2D eigenvalue weighted by Gasteiger charge is -2.34. The van der Waals surface area contributed by atoms with Gasteiger partial charge >= 0.3 is 0 Å². The Balaban J connectivity index is 1.58. The van der Waals surface area contributed by atoms with Crippen LogP contribution in [-0.4, -0.2) is 53.0 Å². The predicted octanol–water partition coefficient (Wildman–Crippen LogP) is 1.81. The molecule has 0 saturated carbocycles. The van der Waals surface area contributed by atoms with Gasteiger partial charge < -0.3 is 19.5 Å². The van der Waals surface area contributed by atoms with Crippen LogP contribution in [0.15, 0.2) is 48.5 Å². The standard InChI is InChI=1S/C20H24N2O6S/c1-3-29(24,25)22-14-19(28-18-7-5-4-6-17(18)22)20(23)21-12-13-27-16-10-8-15(26-2)9-11-16/h4-11,19H,3,12-14H2,1-2H3,(H,21,23)/t19-/m1/s1. The van der Waals surface area contributed by atoms with Crippen molar-refractivity contribution in [1.29, 1.82) is 0 Å². The number of ether oxygens (including phenoxy) is 3. The first-order valence-corrected chi connectivity index (χ1v) is 10.9. The molecule has 0 aliphatic carbocycles. The molecule has 2 aromatic carbocycles. The van der Waals surface area contributed by atoms with Crippen molar-refractivity contribution in [1.82, 2.24) is 5.32 Å². The summed E-state index contributed by atoms with van der Waals surface area (Å²) in [7, 11) is -1.94. The highest BCUT2D eigenvalue weighted by molar-refractivity contribution is 7.92. The average molecular weight is 420 g/mol. The summed E-state index contributed by atoms with van der Waals surface area (Å²) in [5.74, 6) is 1.29. The van der Waals surface area contributed by atoms with E-state index in [4.69, 9.17) is 14.2 Å². The molecular formula is C20H24N2O6S. The molecular weight excluding hydrogens is 396 g/mol. The van der Waals surface area contributed by atoms with E-state index in [1.165, 1.54) is 4.31 Å². The second-order valence-electron chi connectivity index (χ2n) is 6.32. The smallest absolute Gasteiger partial charge is 0.263 e. The van der Waals surface area contributed by atoms with E-state index in [0.29, 0.717) is 17.2 Å². The number of para-hydroxylation sites is 2. The molecule has 0 aromatic heterocycles. The predicted molar refractivity (Wildman–Crippen MR) is 109 cm³/mol. The van der Waals surface area contributed by atoms with E-state index < -0.39 is 22.0 Å². The fourth-order valence-corrected chi connectivity index (χ4v) is 4.01. The van der Waals surface area contributed by atoms with Crippen LogP contribution >= 0.6 is 0 Å². The lowest BCUT2D eigenvalue weighted by molar-refractivity contribution is -0.127. The molecule has 0 bridgehead atoms. The Hall–Kier alpha value is -2.94. The molecule has 0 radical (unpaired) electrons. The highest BCUT2D eigenvalue weighted by atomic mass is 32.2. The van der Waals surface area contributed by atoms with Gasteiger partial charge in [-0.05, 0) is 43.3 Å². The molecule has 2 aromatic rings. The fraction of sp³-hybridized carbons (Fsp3) is 0.350. The minimum atomic E-state index is -3.53. The van der Waals surface area contributed by atoms with Crippen molar-refractivity contribution >= 4 is 21.6 Å². The Morgan fingerprint density at radius 1 is 1.17 bits per heavy atom. The van der Waals surface area contributed by atoms with Crippen LogP contribution in [0.1, 0.15) is 6.92 Å². The first-order chi connectivity index (χ1) is 13.9. The third-order valence-corrected chi connectivity index (χ3v) is 6.20. The van der Waals surface area contributed by atoms with E-state index in [0.717, 1.165) is 5.75 Å². The zero-order chi connectivity index (χ0) is 20.9. The molecule has 0 unspecified atom stereocenters. The lowest BCUT2D eigenvalue weighted by atomic mass is 10.2. The number of methoxy groups -OCH3 is 1. The van der Waals surface area contributed by atoms with Crippen LogP contribution in [0.5, 0.6) is 17.2 Å². The van der Waals surface area contributed by atoms with Gasteiger partial charge in [-0.2, -0.15) is 0 Å². The second kappa shape index (κ2) is 9.04. The lowest BCUT2D eigenvalue weighted by Crippen LogP contribution is -2.51. The molecule has 1 atom stereocenters. The largest absolute Gasteiger partial charge is 0.497 e. The maximum atomic E-state index is 12.5. The van der Waals surface area contributed by atoms with Gasteiger partial charge in [-0.15, -0.1) is 0 Å². The summed E-state index contributed by atoms with van der Waals surface area (Å²) in [4.78, 5) is 12.5. The first kappa shape index (κ1) is 20.8. The number of benzene rings is 2. The number of nitrogens with one attached hydrogen (secondary N) is 1. The van der Waals surface area contributed by atoms with Gasteiger partial charge in [0.15, 0.2) is 6.10 Å². The number of sulfonamides is 1. The summed E-state index contributed by atoms with van der Waals surface area (Å²) in [6, 6.07) is 13.9. The van der Waals surface area contributed by atoms with Crippen LogP contribution in [0.2, 0.25) is 0 Å². The number of hydrogen-bond donors (Lipinski definition) is 1. The SMILES string of the molecule is CCS(=O)(=O)N1C[C@H](C(=O)NCCOc2ccc(OC)cc2)Oc2ccccc21. The van der Waals surface area contributed by atoms with Crippen molar-refractivity contribution in [2.75, 3.05) is 36.9 Å². The van der Waals surface area contributed by atoms with Gasteiger partial charge in [-0.3, -0.25) is 9.10 Å². The molecule has 1 aliphatic rings. The van der Waals surface area contributed by atoms with E-state index in [-0.39, 0.29) is 25.4 Å². The number of amides is 1. The van der Waals surface area contributed by atoms with Crippen LogP contribution in [0, 0.1) is 0 Å². The van der Waals surface area contributed by atoms with Gasteiger partial charge in [-0.1, -0.05) is 12.1 Å². The Morgan fingerprint density at radius 2 is 1.86 bits per heavy atom. The molecule has 9 heteroatoms. The van der Waals surface area contributed by atoms with Crippen molar-refractivity contribution in [2.45, 2.75) is 13.0 Å². The van der Waals surface area contributed by atoms with Crippen LogP contribution in [0.3, 0.4) is 0 Å². The molecule has 3 rings (SSSR count). The second-order valence-corrected chi connectivity index (χ2v) is 8.50. The summed E-state index contributed by atoms with van der Waals surface area (Å²) >= 11 is 0. The van der Waals surface area contributed by atoms with Crippen LogP contribution in [0.25, 0.3) is 0 Å². The topological polar surface area (TPSA) is 94.2 Å². The average Bonchev–Trinajstić information content (AvgIpc) is 2.76. The number of rotatable bonds is 8. The summed E-state index contributed by atoms with van der Waals surface area (Å²) in [5, 5.41) is 2.73. The minimum absolute atomic E-state index is 0.0641. The normalized spacial score (nSPS) is 15.8. The Labute approximate surface area is 170 Å². The zero-order valence-electron chi connectivity index (χ0n) is 16.3. The third-order valence-electron chi connectivity index (χ3n) is 4.46. The quantitative estimate of drug-likeness (QED) is 0.655. The molecule has 1 amide bonds. The van der Waals surface area contributed by atoms with Crippen molar-refractivity contribution in [3.63, 3.8) is 0 Å². The van der Waals surface area contributed by atoms with E-state index in [1.54, 1.807) is 62.6 Å². The van der Waals surface area contributed by atoms with Crippen molar-refractivity contribution in [3.05, 3.63) is 48.5 Å². The zero-order valence-corrected chi connectivity index (χ0v) is 17.1. The Morgan fingerprint density at radius 3 is 2.55 bits per heavy atom. The van der Waals surface area contributed by atoms with Gasteiger partial charge in [0.25, 0.3) is 5.91 Å². The van der Waals surface area contributed by atoms with E-state index in [9.17, 15) is 13.2 Å². The maximum absolute atomic E-state index is 12.5. The van der Waals surface area contributed by atoms with E-state index >= 15 is 0 Å².